The summed E-state index contributed by atoms with van der Waals surface area (Å²) in [5.74, 6) is 2.59. The first-order chi connectivity index (χ1) is 26.1. The highest BCUT2D eigenvalue weighted by atomic mass is 32.2. The maximum absolute atomic E-state index is 13.2. The highest BCUT2D eigenvalue weighted by Gasteiger charge is 2.56. The van der Waals surface area contributed by atoms with Crippen LogP contribution in [0.1, 0.15) is 89.9 Å². The molecule has 6 fully saturated rings. The molecule has 4 aliphatic carbocycles. The van der Waals surface area contributed by atoms with E-state index in [2.05, 4.69) is 59.8 Å². The number of sulfonamides is 1. The van der Waals surface area contributed by atoms with Crippen LogP contribution < -0.4 is 20.3 Å². The fourth-order valence-electron chi connectivity index (χ4n) is 10.6. The number of anilines is 2. The summed E-state index contributed by atoms with van der Waals surface area (Å²) in [6.07, 6.45) is 8.22. The Balaban J connectivity index is 0.915. The highest BCUT2D eigenvalue weighted by Crippen LogP contribution is 2.61. The predicted molar refractivity (Wildman–Crippen MR) is 216 cm³/mol. The summed E-state index contributed by atoms with van der Waals surface area (Å²) in [6.45, 7) is 19.0. The van der Waals surface area contributed by atoms with Crippen molar-refractivity contribution in [1.29, 1.82) is 0 Å². The Labute approximate surface area is 327 Å². The second-order valence-corrected chi connectivity index (χ2v) is 20.3. The maximum Gasteiger partial charge on any atom is 0.293 e. The monoisotopic (exact) mass is 778 g/mol. The van der Waals surface area contributed by atoms with Crippen molar-refractivity contribution in [3.05, 3.63) is 58.1 Å². The molecule has 6 aliphatic rings. The van der Waals surface area contributed by atoms with Crippen molar-refractivity contribution in [2.24, 2.45) is 40.4 Å². The molecular weight excluding hydrogens is 717 g/mol. The van der Waals surface area contributed by atoms with Crippen LogP contribution in [0.4, 0.5) is 17.1 Å². The quantitative estimate of drug-likeness (QED) is 0.161. The zero-order valence-electron chi connectivity index (χ0n) is 33.4. The van der Waals surface area contributed by atoms with Crippen LogP contribution in [-0.2, 0) is 14.8 Å². The van der Waals surface area contributed by atoms with Crippen LogP contribution in [0.25, 0.3) is 0 Å². The van der Waals surface area contributed by atoms with E-state index in [1.54, 1.807) is 12.1 Å². The van der Waals surface area contributed by atoms with Crippen molar-refractivity contribution in [2.75, 3.05) is 62.7 Å². The van der Waals surface area contributed by atoms with Crippen LogP contribution in [0.5, 0.6) is 0 Å². The Morgan fingerprint density at radius 3 is 2.33 bits per heavy atom. The van der Waals surface area contributed by atoms with Gasteiger partial charge >= 0.3 is 0 Å². The first-order valence-electron chi connectivity index (χ1n) is 20.6. The number of nitrogens with one attached hydrogen (secondary N) is 3. The van der Waals surface area contributed by atoms with Crippen LogP contribution >= 0.6 is 0 Å². The van der Waals surface area contributed by atoms with Crippen LogP contribution in [0.2, 0.25) is 0 Å². The van der Waals surface area contributed by atoms with E-state index in [9.17, 15) is 23.3 Å². The normalized spacial score (nSPS) is 29.6. The van der Waals surface area contributed by atoms with Gasteiger partial charge in [-0.15, -0.1) is 0 Å². The van der Waals surface area contributed by atoms with E-state index in [-0.39, 0.29) is 21.8 Å². The largest absolute Gasteiger partial charge is 0.381 e. The standard InChI is InChI=1S/C42H62N6O6S/c1-28-35-22-32(42(35,4)5)23-38(28)44-36-12-15-41(2,3)25-31(36)27-46-16-18-47(19-17-46)33-8-6-30(7-9-33)40(49)45-55(52,53)34-10-11-37(39(24-34)48(50)51)43-26-29-13-20-54-21-14-29/h6-11,24,28-29,31-32,35-36,38,43-44H,12-23,25-27H2,1-5H3,(H,45,49)/t28-,31?,32-,35+,36?,38-/m0/s1. The molecule has 1 amide bonds. The molecule has 0 aromatic heterocycles. The number of hydrogen-bond acceptors (Lipinski definition) is 10. The van der Waals surface area contributed by atoms with Crippen molar-refractivity contribution in [2.45, 2.75) is 96.5 Å². The van der Waals surface area contributed by atoms with E-state index in [1.165, 1.54) is 44.2 Å². The number of carbonyl (C=O) groups is 1. The van der Waals surface area contributed by atoms with Gasteiger partial charge in [0.1, 0.15) is 5.69 Å². The Hall–Kier alpha value is -3.26. The second kappa shape index (κ2) is 15.9. The number of amides is 1. The molecule has 8 rings (SSSR count). The van der Waals surface area contributed by atoms with Crippen LogP contribution in [0, 0.1) is 50.5 Å². The third-order valence-electron chi connectivity index (χ3n) is 14.3. The molecule has 302 valence electrons. The van der Waals surface area contributed by atoms with Crippen molar-refractivity contribution in [3.8, 4) is 0 Å². The minimum atomic E-state index is -4.36. The molecule has 2 aromatic carbocycles. The van der Waals surface area contributed by atoms with Gasteiger partial charge in [-0.1, -0.05) is 34.6 Å². The summed E-state index contributed by atoms with van der Waals surface area (Å²) in [7, 11) is -4.36. The summed E-state index contributed by atoms with van der Waals surface area (Å²) in [5, 5.41) is 19.2. The summed E-state index contributed by atoms with van der Waals surface area (Å²) in [6, 6.07) is 11.9. The van der Waals surface area contributed by atoms with E-state index in [1.807, 2.05) is 12.1 Å². The zero-order valence-corrected chi connectivity index (χ0v) is 34.2. The van der Waals surface area contributed by atoms with Gasteiger partial charge in [0.2, 0.25) is 0 Å². The first kappa shape index (κ1) is 40.0. The van der Waals surface area contributed by atoms with Crippen molar-refractivity contribution in [1.82, 2.24) is 14.9 Å². The summed E-state index contributed by atoms with van der Waals surface area (Å²) in [5.41, 5.74) is 1.93. The molecule has 2 saturated heterocycles. The third-order valence-corrected chi connectivity index (χ3v) is 15.6. The molecule has 2 unspecified atom stereocenters. The second-order valence-electron chi connectivity index (χ2n) is 18.6. The maximum atomic E-state index is 13.2. The number of piperazine rings is 1. The van der Waals surface area contributed by atoms with E-state index in [0.717, 1.165) is 75.1 Å². The SMILES string of the molecule is C[C@@H]1[C@@H](NC2CCC(C)(C)CC2CN2CCN(c3ccc(C(=O)NS(=O)(=O)c4ccc(NCC5CCOCC5)c([N+](=O)[O-])c4)cc3)CC2)C[C@@H]2C[C@H]1C2(C)C. The molecule has 13 heteroatoms. The van der Waals surface area contributed by atoms with Crippen molar-refractivity contribution >= 4 is 33.0 Å². The molecule has 12 nitrogen and oxygen atoms in total. The average Bonchev–Trinajstić information content (AvgIpc) is 3.15. The minimum absolute atomic E-state index is 0.196. The molecule has 0 spiro atoms. The third kappa shape index (κ3) is 8.84. The summed E-state index contributed by atoms with van der Waals surface area (Å²) >= 11 is 0. The van der Waals surface area contributed by atoms with E-state index >= 15 is 0 Å². The van der Waals surface area contributed by atoms with Gasteiger partial charge in [-0.25, -0.2) is 13.1 Å². The molecular formula is C42H62N6O6S. The molecule has 55 heavy (non-hydrogen) atoms. The number of ether oxygens (including phenoxy) is 1. The highest BCUT2D eigenvalue weighted by molar-refractivity contribution is 7.90. The van der Waals surface area contributed by atoms with Crippen LogP contribution in [0.3, 0.4) is 0 Å². The molecule has 2 heterocycles. The number of nitro groups is 1. The van der Waals surface area contributed by atoms with Gasteiger partial charge in [-0.05, 0) is 122 Å². The molecule has 2 aromatic rings. The minimum Gasteiger partial charge on any atom is -0.381 e. The van der Waals surface area contributed by atoms with E-state index in [0.29, 0.717) is 54.5 Å². The smallest absolute Gasteiger partial charge is 0.293 e. The Kier molecular flexibility index (Phi) is 11.6. The van der Waals surface area contributed by atoms with Crippen molar-refractivity contribution in [3.63, 3.8) is 0 Å². The Bertz CT molecular complexity index is 1800. The van der Waals surface area contributed by atoms with Gasteiger partial charge in [-0.2, -0.15) is 0 Å². The first-order valence-corrected chi connectivity index (χ1v) is 22.1. The van der Waals surface area contributed by atoms with E-state index in [4.69, 9.17) is 4.74 Å². The number of benzene rings is 2. The fraction of sp³-hybridized carbons (Fsp3) is 0.690. The lowest BCUT2D eigenvalue weighted by Crippen LogP contribution is -2.62. The molecule has 6 atom stereocenters. The van der Waals surface area contributed by atoms with Gasteiger partial charge in [0.05, 0.1) is 9.82 Å². The van der Waals surface area contributed by atoms with Gasteiger partial charge < -0.3 is 20.3 Å². The molecule has 3 N–H and O–H groups in total. The van der Waals surface area contributed by atoms with Crippen LogP contribution in [-0.4, -0.2) is 88.7 Å². The predicted octanol–water partition coefficient (Wildman–Crippen LogP) is 6.53. The summed E-state index contributed by atoms with van der Waals surface area (Å²) in [4.78, 5) is 29.0. The van der Waals surface area contributed by atoms with E-state index < -0.39 is 20.9 Å². The zero-order chi connectivity index (χ0) is 39.1. The lowest BCUT2D eigenvalue weighted by Gasteiger charge is -2.63. The van der Waals surface area contributed by atoms with Gasteiger partial charge in [0.25, 0.3) is 21.6 Å². The number of nitrogens with zero attached hydrogens (tertiary/aromatic N) is 3. The molecule has 2 bridgehead atoms. The number of rotatable bonds is 12. The summed E-state index contributed by atoms with van der Waals surface area (Å²) < 4.78 is 33.9. The van der Waals surface area contributed by atoms with Gasteiger partial charge in [0, 0.05) is 81.9 Å². The Morgan fingerprint density at radius 1 is 0.964 bits per heavy atom. The average molecular weight is 779 g/mol. The van der Waals surface area contributed by atoms with Crippen molar-refractivity contribution < 1.29 is 22.9 Å². The fourth-order valence-corrected chi connectivity index (χ4v) is 11.6. The molecule has 2 aliphatic heterocycles. The molecule has 0 radical (unpaired) electrons. The molecule has 4 saturated carbocycles. The van der Waals surface area contributed by atoms with Gasteiger partial charge in [-0.3, -0.25) is 19.8 Å². The van der Waals surface area contributed by atoms with Gasteiger partial charge in [0.15, 0.2) is 0 Å². The number of nitro benzene ring substituents is 1. The lowest BCUT2D eigenvalue weighted by molar-refractivity contribution is -0.384. The number of hydrogen-bond donors (Lipinski definition) is 3. The number of carbonyl (C=O) groups excluding carboxylic acids is 1. The van der Waals surface area contributed by atoms with Crippen LogP contribution in [0.15, 0.2) is 47.4 Å². The lowest BCUT2D eigenvalue weighted by atomic mass is 9.44. The number of fused-ring (bicyclic) bond motifs is 2. The Morgan fingerprint density at radius 2 is 1.67 bits per heavy atom. The topological polar surface area (TPSA) is 146 Å².